The van der Waals surface area contributed by atoms with E-state index in [4.69, 9.17) is 26.7 Å². The van der Waals surface area contributed by atoms with E-state index < -0.39 is 21.1 Å². The Morgan fingerprint density at radius 3 is 1.47 bits per heavy atom. The summed E-state index contributed by atoms with van der Waals surface area (Å²) in [6.45, 7) is 24.6. The van der Waals surface area contributed by atoms with E-state index in [2.05, 4.69) is 67.7 Å². The Labute approximate surface area is 231 Å². The molecule has 6 N–H and O–H groups in total. The molecule has 0 unspecified atom stereocenters. The van der Waals surface area contributed by atoms with Crippen LogP contribution in [0.3, 0.4) is 0 Å². The van der Waals surface area contributed by atoms with Gasteiger partial charge in [-0.05, 0) is 46.4 Å². The molecular weight excluding hydrogens is 513 g/mol. The molecule has 0 bridgehead atoms. The first kappa shape index (κ1) is 33.3. The fourth-order valence-corrected chi connectivity index (χ4v) is 5.74. The molecule has 2 aromatic rings. The fourth-order valence-electron chi connectivity index (χ4n) is 3.01. The summed E-state index contributed by atoms with van der Waals surface area (Å²) >= 11 is 0. The molecule has 10 heteroatoms. The van der Waals surface area contributed by atoms with Gasteiger partial charge in [0.1, 0.15) is 17.2 Å². The number of hydrogen-bond acceptors (Lipinski definition) is 7. The number of rotatable bonds is 9. The molecule has 0 atom stereocenters. The molecule has 2 aromatic carbocycles. The summed E-state index contributed by atoms with van der Waals surface area (Å²) in [6.07, 6.45) is 0. The van der Waals surface area contributed by atoms with E-state index in [-0.39, 0.29) is 11.4 Å². The van der Waals surface area contributed by atoms with Gasteiger partial charge in [0.2, 0.25) is 0 Å². The van der Waals surface area contributed by atoms with Crippen LogP contribution in [0.4, 0.5) is 22.7 Å². The van der Waals surface area contributed by atoms with Crippen LogP contribution >= 0.6 is 0 Å². The van der Waals surface area contributed by atoms with Gasteiger partial charge in [-0.15, -0.1) is 0 Å². The Bertz CT molecular complexity index is 1080. The smallest absolute Gasteiger partial charge is 0.295 e. The summed E-state index contributed by atoms with van der Waals surface area (Å²) in [7, 11) is -2.65. The minimum Gasteiger partial charge on any atom is -0.494 e. The summed E-state index contributed by atoms with van der Waals surface area (Å²) in [6, 6.07) is 12.2. The first-order chi connectivity index (χ1) is 17.2. The van der Waals surface area contributed by atoms with Gasteiger partial charge in [0.05, 0.1) is 51.7 Å². The van der Waals surface area contributed by atoms with Crippen LogP contribution in [0.2, 0.25) is 48.4 Å². The molecule has 0 aliphatic rings. The Balaban J connectivity index is 0.000000382. The van der Waals surface area contributed by atoms with Gasteiger partial charge in [-0.1, -0.05) is 67.7 Å². The van der Waals surface area contributed by atoms with Crippen molar-refractivity contribution < 1.29 is 14.4 Å². The van der Waals surface area contributed by atoms with Crippen molar-refractivity contribution in [2.75, 3.05) is 30.4 Å². The van der Waals surface area contributed by atoms with Crippen LogP contribution in [-0.2, 0) is 0 Å². The Hall–Kier alpha value is -2.73. The van der Waals surface area contributed by atoms with Crippen LogP contribution < -0.4 is 26.7 Å². The number of nitrogen functional groups attached to an aromatic ring is 3. The second kappa shape index (κ2) is 12.9. The van der Waals surface area contributed by atoms with Crippen molar-refractivity contribution in [3.05, 3.63) is 46.5 Å². The lowest BCUT2D eigenvalue weighted by molar-refractivity contribution is -0.384. The summed E-state index contributed by atoms with van der Waals surface area (Å²) in [5, 5.41) is 11.5. The van der Waals surface area contributed by atoms with Crippen molar-refractivity contribution in [2.24, 2.45) is 0 Å². The lowest BCUT2D eigenvalue weighted by atomic mass is 10.2. The third kappa shape index (κ3) is 9.86. The van der Waals surface area contributed by atoms with Gasteiger partial charge in [-0.2, -0.15) is 0 Å². The van der Waals surface area contributed by atoms with Crippen LogP contribution in [0.5, 0.6) is 11.5 Å². The molecular formula is C28H50N4O4Si2. The van der Waals surface area contributed by atoms with Gasteiger partial charge in [0, 0.05) is 6.07 Å². The molecule has 0 aromatic heterocycles. The number of anilines is 3. The average Bonchev–Trinajstić information content (AvgIpc) is 2.76. The second-order valence-corrected chi connectivity index (χ2v) is 24.8. The molecule has 0 heterocycles. The number of hydrogen-bond donors (Lipinski definition) is 3. The summed E-state index contributed by atoms with van der Waals surface area (Å²) in [4.78, 5) is 10.3. The highest BCUT2D eigenvalue weighted by molar-refractivity contribution is 6.80. The van der Waals surface area contributed by atoms with E-state index in [0.29, 0.717) is 33.8 Å². The predicted molar refractivity (Wildman–Crippen MR) is 168 cm³/mol. The summed E-state index contributed by atoms with van der Waals surface area (Å²) in [5.74, 6) is 1.31. The zero-order chi connectivity index (χ0) is 29.5. The highest BCUT2D eigenvalue weighted by Gasteiger charge is 2.35. The topological polar surface area (TPSA) is 140 Å². The van der Waals surface area contributed by atoms with Gasteiger partial charge in [-0.25, -0.2) is 0 Å². The molecule has 38 heavy (non-hydrogen) atoms. The van der Waals surface area contributed by atoms with Gasteiger partial charge in [0.25, 0.3) is 5.69 Å². The zero-order valence-electron chi connectivity index (χ0n) is 25.1. The minimum absolute atomic E-state index is 0.102. The van der Waals surface area contributed by atoms with Crippen molar-refractivity contribution in [1.29, 1.82) is 0 Å². The largest absolute Gasteiger partial charge is 0.494 e. The molecule has 8 nitrogen and oxygen atoms in total. The molecule has 214 valence electrons. The monoisotopic (exact) mass is 562 g/mol. The highest BCUT2D eigenvalue weighted by atomic mass is 28.3. The van der Waals surface area contributed by atoms with Crippen molar-refractivity contribution in [3.8, 4) is 11.5 Å². The van der Waals surface area contributed by atoms with Crippen molar-refractivity contribution in [1.82, 2.24) is 0 Å². The maximum Gasteiger partial charge on any atom is 0.295 e. The Morgan fingerprint density at radius 1 is 0.711 bits per heavy atom. The third-order valence-electron chi connectivity index (χ3n) is 8.31. The summed E-state index contributed by atoms with van der Waals surface area (Å²) < 4.78 is 11.4. The summed E-state index contributed by atoms with van der Waals surface area (Å²) in [5.41, 5.74) is 18.2. The van der Waals surface area contributed by atoms with Crippen LogP contribution in [0, 0.1) is 10.1 Å². The lowest BCUT2D eigenvalue weighted by Gasteiger charge is -2.36. The molecule has 0 spiro atoms. The number of nitro benzene ring substituents is 1. The molecule has 0 saturated heterocycles. The quantitative estimate of drug-likeness (QED) is 0.122. The number of nitrogens with two attached hydrogens (primary N) is 3. The van der Waals surface area contributed by atoms with Gasteiger partial charge >= 0.3 is 0 Å². The normalized spacial score (nSPS) is 12.4. The van der Waals surface area contributed by atoms with Crippen LogP contribution in [-0.4, -0.2) is 34.3 Å². The van der Waals surface area contributed by atoms with E-state index in [1.165, 1.54) is 12.1 Å². The van der Waals surface area contributed by atoms with E-state index in [0.717, 1.165) is 24.4 Å². The Morgan fingerprint density at radius 2 is 1.11 bits per heavy atom. The fraction of sp³-hybridized carbons (Fsp3) is 0.571. The van der Waals surface area contributed by atoms with Crippen LogP contribution in [0.25, 0.3) is 0 Å². The maximum absolute atomic E-state index is 10.8. The first-order valence-electron chi connectivity index (χ1n) is 13.1. The van der Waals surface area contributed by atoms with Gasteiger partial charge in [-0.3, -0.25) is 10.1 Å². The van der Waals surface area contributed by atoms with E-state index >= 15 is 0 Å². The molecule has 2 rings (SSSR count). The molecule has 0 aliphatic heterocycles. The van der Waals surface area contributed by atoms with Crippen LogP contribution in [0.15, 0.2) is 36.4 Å². The molecule has 0 radical (unpaired) electrons. The number of nitro groups is 1. The minimum atomic E-state index is -1.39. The van der Waals surface area contributed by atoms with Crippen molar-refractivity contribution >= 4 is 38.9 Å². The van der Waals surface area contributed by atoms with Gasteiger partial charge in [0.15, 0.2) is 0 Å². The van der Waals surface area contributed by atoms with E-state index in [1.807, 2.05) is 6.07 Å². The maximum atomic E-state index is 10.8. The van der Waals surface area contributed by atoms with Crippen molar-refractivity contribution in [3.63, 3.8) is 0 Å². The number of nitrogens with zero attached hydrogens (tertiary/aromatic N) is 1. The third-order valence-corrected chi connectivity index (χ3v) is 19.3. The average molecular weight is 563 g/mol. The number of ether oxygens (including phenoxy) is 2. The molecule has 0 aliphatic carbocycles. The standard InChI is InChI=1S/C14H24N2O3Si.C14H26N2OSi/c1-14(2,3)20(4,5)9-8-19-11-6-7-12(15)13(10-11)16(17)18;1-14(2,3)18(4,5)9-8-17-11-6-7-12(15)13(16)10-11/h6-7,10H,8-9,15H2,1-5H3;6-7,10H,8-9,15-16H2,1-5H3. The Kier molecular flexibility index (Phi) is 11.3. The highest BCUT2D eigenvalue weighted by Crippen LogP contribution is 2.39. The molecule has 0 amide bonds. The molecule has 0 saturated carbocycles. The van der Waals surface area contributed by atoms with E-state index in [1.54, 1.807) is 18.2 Å². The number of benzene rings is 2. The zero-order valence-corrected chi connectivity index (χ0v) is 27.1. The first-order valence-corrected chi connectivity index (χ1v) is 19.5. The second-order valence-electron chi connectivity index (χ2n) is 13.2. The predicted octanol–water partition coefficient (Wildman–Crippen LogP) is 7.80. The molecule has 0 fully saturated rings. The van der Waals surface area contributed by atoms with Crippen LogP contribution in [0.1, 0.15) is 41.5 Å². The SMILES string of the molecule is CC(C)(C)[Si](C)(C)CCOc1ccc(N)c(N)c1.CC(C)(C)[Si](C)(C)CCOc1ccc(N)c([N+](=O)[O-])c1. The lowest BCUT2D eigenvalue weighted by Crippen LogP contribution is -2.38. The van der Waals surface area contributed by atoms with E-state index in [9.17, 15) is 10.1 Å². The van der Waals surface area contributed by atoms with Gasteiger partial charge < -0.3 is 26.7 Å². The van der Waals surface area contributed by atoms with Crippen molar-refractivity contribution in [2.45, 2.75) is 89.9 Å².